The topological polar surface area (TPSA) is 22.3 Å². The van der Waals surface area contributed by atoms with Crippen molar-refractivity contribution >= 4 is 22.9 Å². The van der Waals surface area contributed by atoms with Crippen molar-refractivity contribution in [3.8, 4) is 11.1 Å². The van der Waals surface area contributed by atoms with Gasteiger partial charge in [0, 0.05) is 40.1 Å². The minimum atomic E-state index is -0.204. The third kappa shape index (κ3) is 2.84. The molecule has 2 aromatic carbocycles. The van der Waals surface area contributed by atoms with Gasteiger partial charge in [0.15, 0.2) is 0 Å². The van der Waals surface area contributed by atoms with Crippen molar-refractivity contribution in [1.82, 2.24) is 14.2 Å². The van der Waals surface area contributed by atoms with Gasteiger partial charge in [-0.05, 0) is 86.4 Å². The Morgan fingerprint density at radius 1 is 1.12 bits per heavy atom. The van der Waals surface area contributed by atoms with Crippen molar-refractivity contribution in [3.63, 3.8) is 0 Å². The van der Waals surface area contributed by atoms with Crippen LogP contribution in [-0.2, 0) is 6.54 Å². The molecule has 2 aliphatic heterocycles. The lowest BCUT2D eigenvalue weighted by Gasteiger charge is -2.33. The van der Waals surface area contributed by atoms with E-state index in [1.807, 2.05) is 24.2 Å². The van der Waals surface area contributed by atoms with Crippen LogP contribution in [0.4, 0.5) is 4.39 Å². The van der Waals surface area contributed by atoms with Gasteiger partial charge in [-0.1, -0.05) is 6.07 Å². The highest BCUT2D eigenvalue weighted by atomic mass is 32.2. The molecule has 5 rings (SSSR count). The number of halogens is 1. The van der Waals surface area contributed by atoms with Crippen molar-refractivity contribution in [2.75, 3.05) is 20.1 Å². The van der Waals surface area contributed by atoms with Crippen molar-refractivity contribution in [2.45, 2.75) is 30.3 Å². The second-order valence-corrected chi connectivity index (χ2v) is 8.51. The van der Waals surface area contributed by atoms with Crippen LogP contribution in [0.5, 0.6) is 0 Å². The first kappa shape index (κ1) is 16.4. The molecule has 0 amide bonds. The largest absolute Gasteiger partial charge is 0.360 e. The van der Waals surface area contributed by atoms with Gasteiger partial charge in [0.2, 0.25) is 0 Å². The maximum absolute atomic E-state index is 13.4. The minimum Gasteiger partial charge on any atom is -0.360 e. The normalized spacial score (nSPS) is 19.3. The Bertz CT molecular complexity index is 959. The number of likely N-dealkylation sites (tertiary alicyclic amines) is 1. The Morgan fingerprint density at radius 2 is 1.96 bits per heavy atom. The lowest BCUT2D eigenvalue weighted by molar-refractivity contribution is 0.190. The van der Waals surface area contributed by atoms with Gasteiger partial charge in [0.05, 0.1) is 0 Å². The molecule has 0 bridgehead atoms. The highest BCUT2D eigenvalue weighted by molar-refractivity contribution is 7.97. The standard InChI is InChI=1S/C21H22FN3S/c1-24-8-6-17(7-9-24)25-13-15-10-14(2-5-21(15)26-25)19-12-23-20-11-16(22)3-4-18(19)20/h2-5,10-12,17,23H,6-9,13H2,1H3. The van der Waals surface area contributed by atoms with Crippen molar-refractivity contribution in [1.29, 1.82) is 0 Å². The maximum Gasteiger partial charge on any atom is 0.125 e. The van der Waals surface area contributed by atoms with Crippen LogP contribution in [-0.4, -0.2) is 40.4 Å². The molecule has 0 atom stereocenters. The fraction of sp³-hybridized carbons (Fsp3) is 0.333. The van der Waals surface area contributed by atoms with Crippen molar-refractivity contribution in [3.05, 3.63) is 54.0 Å². The van der Waals surface area contributed by atoms with Crippen molar-refractivity contribution in [2.24, 2.45) is 0 Å². The zero-order valence-corrected chi connectivity index (χ0v) is 15.7. The van der Waals surface area contributed by atoms with E-state index in [1.54, 1.807) is 6.07 Å². The van der Waals surface area contributed by atoms with Crippen molar-refractivity contribution < 1.29 is 4.39 Å². The Labute approximate surface area is 157 Å². The van der Waals surface area contributed by atoms with E-state index in [0.29, 0.717) is 6.04 Å². The first-order valence-corrected chi connectivity index (χ1v) is 9.98. The van der Waals surface area contributed by atoms with Gasteiger partial charge in [-0.2, -0.15) is 0 Å². The summed E-state index contributed by atoms with van der Waals surface area (Å²) in [6.07, 6.45) is 4.49. The van der Waals surface area contributed by atoms with Crippen LogP contribution in [0.3, 0.4) is 0 Å². The molecule has 0 unspecified atom stereocenters. The summed E-state index contributed by atoms with van der Waals surface area (Å²) in [5.74, 6) is -0.204. The number of aromatic amines is 1. The number of fused-ring (bicyclic) bond motifs is 2. The Balaban J connectivity index is 1.42. The number of hydrogen-bond donors (Lipinski definition) is 1. The molecule has 1 aromatic heterocycles. The summed E-state index contributed by atoms with van der Waals surface area (Å²) in [4.78, 5) is 6.99. The molecule has 3 heterocycles. The molecule has 0 radical (unpaired) electrons. The first-order valence-electron chi connectivity index (χ1n) is 9.20. The van der Waals surface area contributed by atoms with Gasteiger partial charge >= 0.3 is 0 Å². The molecule has 1 N–H and O–H groups in total. The predicted molar refractivity (Wildman–Crippen MR) is 106 cm³/mol. The summed E-state index contributed by atoms with van der Waals surface area (Å²) in [6, 6.07) is 12.4. The van der Waals surface area contributed by atoms with E-state index in [-0.39, 0.29) is 5.82 Å². The molecule has 0 spiro atoms. The van der Waals surface area contributed by atoms with E-state index in [9.17, 15) is 4.39 Å². The van der Waals surface area contributed by atoms with Crippen LogP contribution in [0.25, 0.3) is 22.0 Å². The smallest absolute Gasteiger partial charge is 0.125 e. The zero-order chi connectivity index (χ0) is 17.7. The molecule has 0 saturated carbocycles. The molecule has 134 valence electrons. The van der Waals surface area contributed by atoms with Crippen LogP contribution in [0.2, 0.25) is 0 Å². The summed E-state index contributed by atoms with van der Waals surface area (Å²) in [7, 11) is 2.21. The van der Waals surface area contributed by atoms with Gasteiger partial charge in [-0.25, -0.2) is 8.70 Å². The summed E-state index contributed by atoms with van der Waals surface area (Å²) in [6.45, 7) is 3.39. The minimum absolute atomic E-state index is 0.204. The van der Waals surface area contributed by atoms with Gasteiger partial charge in [0.25, 0.3) is 0 Å². The van der Waals surface area contributed by atoms with Crippen LogP contribution in [0.15, 0.2) is 47.5 Å². The quantitative estimate of drug-likeness (QED) is 0.652. The van der Waals surface area contributed by atoms with E-state index < -0.39 is 0 Å². The van der Waals surface area contributed by atoms with E-state index >= 15 is 0 Å². The second-order valence-electron chi connectivity index (χ2n) is 7.42. The third-order valence-electron chi connectivity index (χ3n) is 5.65. The Kier molecular flexibility index (Phi) is 4.03. The molecule has 5 heteroatoms. The van der Waals surface area contributed by atoms with E-state index in [1.165, 1.54) is 48.0 Å². The maximum atomic E-state index is 13.4. The monoisotopic (exact) mass is 367 g/mol. The fourth-order valence-corrected chi connectivity index (χ4v) is 5.30. The van der Waals surface area contributed by atoms with Crippen LogP contribution >= 0.6 is 11.9 Å². The van der Waals surface area contributed by atoms with E-state index in [2.05, 4.69) is 39.4 Å². The average Bonchev–Trinajstić information content (AvgIpc) is 3.25. The number of nitrogens with zero attached hydrogens (tertiary/aromatic N) is 2. The number of rotatable bonds is 2. The lowest BCUT2D eigenvalue weighted by Crippen LogP contribution is -2.39. The summed E-state index contributed by atoms with van der Waals surface area (Å²) in [5, 5.41) is 1.07. The molecule has 1 fully saturated rings. The second kappa shape index (κ2) is 6.41. The number of aromatic nitrogens is 1. The third-order valence-corrected chi connectivity index (χ3v) is 6.91. The number of nitrogens with one attached hydrogen (secondary N) is 1. The lowest BCUT2D eigenvalue weighted by atomic mass is 10.0. The Hall–Kier alpha value is -1.82. The highest BCUT2D eigenvalue weighted by Crippen LogP contribution is 2.41. The van der Waals surface area contributed by atoms with E-state index in [4.69, 9.17) is 0 Å². The highest BCUT2D eigenvalue weighted by Gasteiger charge is 2.29. The zero-order valence-electron chi connectivity index (χ0n) is 14.8. The summed E-state index contributed by atoms with van der Waals surface area (Å²) < 4.78 is 16.0. The van der Waals surface area contributed by atoms with Gasteiger partial charge in [-0.3, -0.25) is 0 Å². The number of hydrogen-bond acceptors (Lipinski definition) is 3. The SMILES string of the molecule is CN1CCC(N2Cc3cc(-c4c[nH]c5cc(F)ccc45)ccc3S2)CC1. The Morgan fingerprint density at radius 3 is 2.81 bits per heavy atom. The molecule has 1 saturated heterocycles. The number of piperidine rings is 1. The molecule has 3 aromatic rings. The molecule has 0 aliphatic carbocycles. The summed E-state index contributed by atoms with van der Waals surface area (Å²) >= 11 is 1.91. The van der Waals surface area contributed by atoms with Gasteiger partial charge in [0.1, 0.15) is 5.82 Å². The van der Waals surface area contributed by atoms with Crippen LogP contribution in [0, 0.1) is 5.82 Å². The molecule has 2 aliphatic rings. The van der Waals surface area contributed by atoms with Gasteiger partial charge < -0.3 is 9.88 Å². The van der Waals surface area contributed by atoms with Crippen LogP contribution in [0.1, 0.15) is 18.4 Å². The summed E-state index contributed by atoms with van der Waals surface area (Å²) in [5.41, 5.74) is 4.60. The average molecular weight is 367 g/mol. The molecule has 3 nitrogen and oxygen atoms in total. The molecular weight excluding hydrogens is 345 g/mol. The fourth-order valence-electron chi connectivity index (χ4n) is 4.11. The molecular formula is C21H22FN3S. The predicted octanol–water partition coefficient (Wildman–Crippen LogP) is 4.89. The van der Waals surface area contributed by atoms with Gasteiger partial charge in [-0.15, -0.1) is 0 Å². The van der Waals surface area contributed by atoms with E-state index in [0.717, 1.165) is 23.0 Å². The van der Waals surface area contributed by atoms with Crippen LogP contribution < -0.4 is 0 Å². The number of H-pyrrole nitrogens is 1. The number of benzene rings is 2. The first-order chi connectivity index (χ1) is 12.7. The molecule has 26 heavy (non-hydrogen) atoms.